The van der Waals surface area contributed by atoms with E-state index in [4.69, 9.17) is 0 Å². The molecule has 0 aliphatic heterocycles. The minimum absolute atomic E-state index is 0.325. The topological polar surface area (TPSA) is 0 Å². The second-order valence-electron chi connectivity index (χ2n) is 6.38. The zero-order chi connectivity index (χ0) is 17.9. The van der Waals surface area contributed by atoms with Gasteiger partial charge >= 0.3 is 0 Å². The van der Waals surface area contributed by atoms with Gasteiger partial charge in [0.2, 0.25) is 0 Å². The van der Waals surface area contributed by atoms with Crippen molar-refractivity contribution in [3.63, 3.8) is 0 Å². The Balaban J connectivity index is 2.55. The van der Waals surface area contributed by atoms with Crippen molar-refractivity contribution < 1.29 is 0 Å². The lowest BCUT2D eigenvalue weighted by atomic mass is 9.99. The highest BCUT2D eigenvalue weighted by atomic mass is 14.1. The normalized spacial score (nSPS) is 15.4. The van der Waals surface area contributed by atoms with Gasteiger partial charge in [-0.05, 0) is 63.3 Å². The van der Waals surface area contributed by atoms with Gasteiger partial charge in [-0.1, -0.05) is 79.0 Å². The lowest BCUT2D eigenvalue weighted by Crippen LogP contribution is -1.92. The first-order valence-corrected chi connectivity index (χ1v) is 8.66. The fraction of sp³-hybridized carbons (Fsp3) is 0.333. The van der Waals surface area contributed by atoms with Crippen LogP contribution < -0.4 is 0 Å². The quantitative estimate of drug-likeness (QED) is 0.285. The molecule has 0 amide bonds. The summed E-state index contributed by atoms with van der Waals surface area (Å²) >= 11 is 0. The van der Waals surface area contributed by atoms with Gasteiger partial charge in [0, 0.05) is 5.92 Å². The van der Waals surface area contributed by atoms with Crippen molar-refractivity contribution in [1.82, 2.24) is 0 Å². The van der Waals surface area contributed by atoms with Crippen LogP contribution in [0.15, 0.2) is 83.6 Å². The molecule has 0 heterocycles. The zero-order valence-corrected chi connectivity index (χ0v) is 15.7. The van der Waals surface area contributed by atoms with E-state index in [0.717, 1.165) is 24.8 Å². The van der Waals surface area contributed by atoms with E-state index in [2.05, 4.69) is 77.0 Å². The van der Waals surface area contributed by atoms with Crippen molar-refractivity contribution >= 4 is 0 Å². The molecular formula is C24H30. The van der Waals surface area contributed by atoms with Crippen LogP contribution in [0.3, 0.4) is 0 Å². The van der Waals surface area contributed by atoms with E-state index in [9.17, 15) is 0 Å². The second kappa shape index (κ2) is 10.5. The molecule has 24 heavy (non-hydrogen) atoms. The average molecular weight is 319 g/mol. The van der Waals surface area contributed by atoms with Crippen molar-refractivity contribution in [2.24, 2.45) is 5.92 Å². The van der Waals surface area contributed by atoms with E-state index in [0.29, 0.717) is 5.92 Å². The van der Waals surface area contributed by atoms with E-state index in [-0.39, 0.29) is 0 Å². The molecule has 0 bridgehead atoms. The van der Waals surface area contributed by atoms with Crippen molar-refractivity contribution in [2.75, 3.05) is 0 Å². The van der Waals surface area contributed by atoms with Crippen LogP contribution in [-0.2, 0) is 0 Å². The van der Waals surface area contributed by atoms with Gasteiger partial charge in [-0.15, -0.1) is 0 Å². The average Bonchev–Trinajstić information content (AvgIpc) is 2.74. The third-order valence-electron chi connectivity index (χ3n) is 4.34. The van der Waals surface area contributed by atoms with Crippen molar-refractivity contribution in [3.8, 4) is 11.8 Å². The molecule has 0 aromatic rings. The first-order chi connectivity index (χ1) is 11.4. The Morgan fingerprint density at radius 3 is 2.29 bits per heavy atom. The fourth-order valence-electron chi connectivity index (χ4n) is 2.18. The molecule has 0 N–H and O–H groups in total. The highest BCUT2D eigenvalue weighted by molar-refractivity contribution is 5.39. The molecule has 0 atom stereocenters. The summed E-state index contributed by atoms with van der Waals surface area (Å²) in [7, 11) is 0. The first-order valence-electron chi connectivity index (χ1n) is 8.66. The van der Waals surface area contributed by atoms with E-state index in [1.807, 2.05) is 18.2 Å². The summed E-state index contributed by atoms with van der Waals surface area (Å²) < 4.78 is 0. The summed E-state index contributed by atoms with van der Waals surface area (Å²) in [4.78, 5) is 0. The number of hydrogen-bond acceptors (Lipinski definition) is 0. The van der Waals surface area contributed by atoms with Crippen LogP contribution in [0.25, 0.3) is 0 Å². The molecule has 0 saturated heterocycles. The third-order valence-corrected chi connectivity index (χ3v) is 4.34. The summed E-state index contributed by atoms with van der Waals surface area (Å²) in [6.07, 6.45) is 17.7. The minimum Gasteiger partial charge on any atom is -0.0999 e. The van der Waals surface area contributed by atoms with Gasteiger partial charge in [0.25, 0.3) is 0 Å². The lowest BCUT2D eigenvalue weighted by Gasteiger charge is -2.05. The van der Waals surface area contributed by atoms with Crippen molar-refractivity contribution in [2.45, 2.75) is 47.0 Å². The van der Waals surface area contributed by atoms with E-state index < -0.39 is 0 Å². The van der Waals surface area contributed by atoms with Crippen LogP contribution in [0.4, 0.5) is 0 Å². The van der Waals surface area contributed by atoms with Gasteiger partial charge in [0.1, 0.15) is 0 Å². The Morgan fingerprint density at radius 2 is 1.71 bits per heavy atom. The number of allylic oxidation sites excluding steroid dienone is 12. The van der Waals surface area contributed by atoms with Gasteiger partial charge in [0.05, 0.1) is 0 Å². The van der Waals surface area contributed by atoms with Crippen LogP contribution in [-0.4, -0.2) is 0 Å². The molecule has 126 valence electrons. The van der Waals surface area contributed by atoms with Gasteiger partial charge < -0.3 is 0 Å². The molecule has 0 aromatic heterocycles. The standard InChI is InChI=1S/C24H30/c1-7-19(2)13-14-20(3)11-9-8-10-12-23(6)24-17-15-21(4)22(5)16-18-24/h9,11-12,15-18,24H,2-3,7,13-14H2,1,4-6H3/b11-9-,23-12?. The molecule has 0 aromatic carbocycles. The summed E-state index contributed by atoms with van der Waals surface area (Å²) in [6.45, 7) is 16.6. The maximum absolute atomic E-state index is 4.06. The Labute approximate surface area is 148 Å². The maximum Gasteiger partial charge on any atom is 0.0170 e. The van der Waals surface area contributed by atoms with Crippen molar-refractivity contribution in [1.29, 1.82) is 0 Å². The van der Waals surface area contributed by atoms with Crippen LogP contribution in [0.5, 0.6) is 0 Å². The molecule has 0 radical (unpaired) electrons. The predicted octanol–water partition coefficient (Wildman–Crippen LogP) is 6.87. The molecule has 1 aliphatic rings. The number of rotatable bonds is 6. The largest absolute Gasteiger partial charge is 0.0999 e. The van der Waals surface area contributed by atoms with E-state index in [1.54, 1.807) is 0 Å². The number of hydrogen-bond donors (Lipinski definition) is 0. The predicted molar refractivity (Wildman–Crippen MR) is 109 cm³/mol. The Kier molecular flexibility index (Phi) is 8.66. The summed E-state index contributed by atoms with van der Waals surface area (Å²) in [6, 6.07) is 0. The molecule has 0 spiro atoms. The zero-order valence-electron chi connectivity index (χ0n) is 15.7. The molecule has 0 fully saturated rings. The smallest absolute Gasteiger partial charge is 0.0170 e. The van der Waals surface area contributed by atoms with Crippen LogP contribution >= 0.6 is 0 Å². The van der Waals surface area contributed by atoms with Crippen LogP contribution in [0.2, 0.25) is 0 Å². The molecule has 0 saturated carbocycles. The summed E-state index contributed by atoms with van der Waals surface area (Å²) in [5.41, 5.74) is 6.27. The maximum atomic E-state index is 4.06. The minimum atomic E-state index is 0.325. The van der Waals surface area contributed by atoms with E-state index >= 15 is 0 Å². The highest BCUT2D eigenvalue weighted by Crippen LogP contribution is 2.20. The second-order valence-corrected chi connectivity index (χ2v) is 6.38. The summed E-state index contributed by atoms with van der Waals surface area (Å²) in [5, 5.41) is 0. The Hall–Kier alpha value is -2.26. The third kappa shape index (κ3) is 7.34. The van der Waals surface area contributed by atoms with Gasteiger partial charge in [0.15, 0.2) is 0 Å². The lowest BCUT2D eigenvalue weighted by molar-refractivity contribution is 0.896. The molecule has 0 nitrogen and oxygen atoms in total. The first kappa shape index (κ1) is 19.8. The summed E-state index contributed by atoms with van der Waals surface area (Å²) in [5.74, 6) is 6.51. The van der Waals surface area contributed by atoms with Crippen LogP contribution in [0, 0.1) is 17.8 Å². The fourth-order valence-corrected chi connectivity index (χ4v) is 2.18. The molecule has 0 heteroatoms. The molecule has 1 rings (SSSR count). The monoisotopic (exact) mass is 318 g/mol. The van der Waals surface area contributed by atoms with E-state index in [1.165, 1.54) is 22.3 Å². The highest BCUT2D eigenvalue weighted by Gasteiger charge is 2.05. The Morgan fingerprint density at radius 1 is 1.08 bits per heavy atom. The van der Waals surface area contributed by atoms with Gasteiger partial charge in [-0.2, -0.15) is 0 Å². The van der Waals surface area contributed by atoms with Gasteiger partial charge in [-0.3, -0.25) is 0 Å². The molecule has 0 unspecified atom stereocenters. The molecular weight excluding hydrogens is 288 g/mol. The Bertz CT molecular complexity index is 653. The SMILES string of the molecule is C=C(/C=C\C#CC=C(C)C1C=CC(C)=C(C)C=C1)CCC(=C)CC. The van der Waals surface area contributed by atoms with Gasteiger partial charge in [-0.25, -0.2) is 0 Å². The molecule has 1 aliphatic carbocycles. The van der Waals surface area contributed by atoms with Crippen molar-refractivity contribution in [3.05, 3.63) is 83.6 Å². The van der Waals surface area contributed by atoms with Crippen LogP contribution in [0.1, 0.15) is 47.0 Å².